The third-order valence-corrected chi connectivity index (χ3v) is 4.50. The smallest absolute Gasteiger partial charge is 0.341 e. The Morgan fingerprint density at radius 3 is 2.47 bits per heavy atom. The lowest BCUT2D eigenvalue weighted by Gasteiger charge is -2.26. The van der Waals surface area contributed by atoms with Crippen LogP contribution >= 0.6 is 0 Å². The summed E-state index contributed by atoms with van der Waals surface area (Å²) >= 11 is 0. The lowest BCUT2D eigenvalue weighted by molar-refractivity contribution is 0.235. The molecule has 0 heterocycles. The SMILES string of the molecule is NCCN(c1ccccc1S(=O)(=O)C(F)F)C1CC1. The molecule has 0 aromatic heterocycles. The molecule has 1 aromatic carbocycles. The second kappa shape index (κ2) is 5.42. The molecule has 1 saturated carbocycles. The van der Waals surface area contributed by atoms with Gasteiger partial charge in [-0.15, -0.1) is 0 Å². The van der Waals surface area contributed by atoms with E-state index in [4.69, 9.17) is 5.73 Å². The van der Waals surface area contributed by atoms with Crippen molar-refractivity contribution in [2.45, 2.75) is 29.5 Å². The summed E-state index contributed by atoms with van der Waals surface area (Å²) in [4.78, 5) is 1.50. The summed E-state index contributed by atoms with van der Waals surface area (Å²) in [6, 6.07) is 6.09. The molecular formula is C12H16F2N2O2S. The summed E-state index contributed by atoms with van der Waals surface area (Å²) in [6.45, 7) is 0.806. The van der Waals surface area contributed by atoms with Gasteiger partial charge < -0.3 is 10.6 Å². The van der Waals surface area contributed by atoms with Gasteiger partial charge in [-0.2, -0.15) is 8.78 Å². The highest BCUT2D eigenvalue weighted by Crippen LogP contribution is 2.36. The summed E-state index contributed by atoms with van der Waals surface area (Å²) in [5.74, 6) is -3.41. The molecule has 1 aliphatic rings. The maximum absolute atomic E-state index is 12.7. The van der Waals surface area contributed by atoms with Crippen molar-refractivity contribution in [1.29, 1.82) is 0 Å². The number of rotatable bonds is 6. The van der Waals surface area contributed by atoms with Gasteiger partial charge >= 0.3 is 5.76 Å². The first-order valence-corrected chi connectivity index (χ1v) is 7.61. The second-order valence-corrected chi connectivity index (χ2v) is 6.37. The summed E-state index contributed by atoms with van der Waals surface area (Å²) in [6.07, 6.45) is 1.87. The molecule has 0 atom stereocenters. The van der Waals surface area contributed by atoms with E-state index < -0.39 is 15.6 Å². The highest BCUT2D eigenvalue weighted by Gasteiger charge is 2.35. The molecule has 0 radical (unpaired) electrons. The average Bonchev–Trinajstić information content (AvgIpc) is 3.20. The van der Waals surface area contributed by atoms with Crippen LogP contribution in [-0.2, 0) is 9.84 Å². The first-order chi connectivity index (χ1) is 8.98. The summed E-state index contributed by atoms with van der Waals surface area (Å²) in [7, 11) is -4.59. The highest BCUT2D eigenvalue weighted by molar-refractivity contribution is 7.91. The normalized spacial score (nSPS) is 15.8. The molecule has 106 valence electrons. The van der Waals surface area contributed by atoms with Gasteiger partial charge in [0.05, 0.1) is 10.6 Å². The topological polar surface area (TPSA) is 63.4 Å². The fraction of sp³-hybridized carbons (Fsp3) is 0.500. The van der Waals surface area contributed by atoms with Crippen LogP contribution in [0.25, 0.3) is 0 Å². The van der Waals surface area contributed by atoms with Crippen molar-refractivity contribution in [1.82, 2.24) is 0 Å². The number of halogens is 2. The van der Waals surface area contributed by atoms with Crippen molar-refractivity contribution < 1.29 is 17.2 Å². The third-order valence-electron chi connectivity index (χ3n) is 3.07. The van der Waals surface area contributed by atoms with E-state index in [-0.39, 0.29) is 10.9 Å². The number of para-hydroxylation sites is 1. The van der Waals surface area contributed by atoms with E-state index in [1.165, 1.54) is 12.1 Å². The number of nitrogens with zero attached hydrogens (tertiary/aromatic N) is 1. The summed E-state index contributed by atoms with van der Waals surface area (Å²) in [5, 5.41) is 0. The molecule has 4 nitrogen and oxygen atoms in total. The average molecular weight is 290 g/mol. The van der Waals surface area contributed by atoms with E-state index in [0.29, 0.717) is 18.8 Å². The van der Waals surface area contributed by atoms with Crippen LogP contribution in [0, 0.1) is 0 Å². The lowest BCUT2D eigenvalue weighted by Crippen LogP contribution is -2.33. The van der Waals surface area contributed by atoms with Gasteiger partial charge in [-0.25, -0.2) is 8.42 Å². The van der Waals surface area contributed by atoms with Gasteiger partial charge in [0.1, 0.15) is 0 Å². The maximum atomic E-state index is 12.7. The van der Waals surface area contributed by atoms with Crippen LogP contribution in [0.15, 0.2) is 29.2 Å². The molecule has 2 N–H and O–H groups in total. The molecule has 0 unspecified atom stereocenters. The Bertz CT molecular complexity index is 544. The third kappa shape index (κ3) is 2.87. The lowest BCUT2D eigenvalue weighted by atomic mass is 10.2. The zero-order valence-electron chi connectivity index (χ0n) is 10.3. The minimum atomic E-state index is -4.59. The molecule has 1 fully saturated rings. The van der Waals surface area contributed by atoms with Crippen molar-refractivity contribution in [3.05, 3.63) is 24.3 Å². The van der Waals surface area contributed by atoms with Crippen molar-refractivity contribution in [3.8, 4) is 0 Å². The fourth-order valence-electron chi connectivity index (χ4n) is 2.06. The molecular weight excluding hydrogens is 274 g/mol. The molecule has 0 saturated heterocycles. The van der Waals surface area contributed by atoms with Crippen LogP contribution in [0.4, 0.5) is 14.5 Å². The summed E-state index contributed by atoms with van der Waals surface area (Å²) < 4.78 is 48.8. The van der Waals surface area contributed by atoms with E-state index in [1.54, 1.807) is 12.1 Å². The van der Waals surface area contributed by atoms with E-state index in [0.717, 1.165) is 12.8 Å². The zero-order chi connectivity index (χ0) is 14.0. The Balaban J connectivity index is 2.46. The molecule has 7 heteroatoms. The van der Waals surface area contributed by atoms with Crippen molar-refractivity contribution >= 4 is 15.5 Å². The van der Waals surface area contributed by atoms with Crippen molar-refractivity contribution in [3.63, 3.8) is 0 Å². The molecule has 2 rings (SSSR count). The Morgan fingerprint density at radius 2 is 1.95 bits per heavy atom. The zero-order valence-corrected chi connectivity index (χ0v) is 11.1. The van der Waals surface area contributed by atoms with Crippen LogP contribution in [0.5, 0.6) is 0 Å². The largest absolute Gasteiger partial charge is 0.366 e. The van der Waals surface area contributed by atoms with Gasteiger partial charge in [-0.05, 0) is 25.0 Å². The summed E-state index contributed by atoms with van der Waals surface area (Å²) in [5.41, 5.74) is 5.84. The molecule has 1 aromatic rings. The van der Waals surface area contributed by atoms with Crippen LogP contribution < -0.4 is 10.6 Å². The molecule has 0 aliphatic heterocycles. The molecule has 0 amide bonds. The van der Waals surface area contributed by atoms with Gasteiger partial charge in [-0.3, -0.25) is 0 Å². The fourth-order valence-corrected chi connectivity index (χ4v) is 2.99. The quantitative estimate of drug-likeness (QED) is 0.864. The number of sulfone groups is 1. The number of anilines is 1. The Kier molecular flexibility index (Phi) is 4.05. The van der Waals surface area contributed by atoms with Gasteiger partial charge in [0.2, 0.25) is 9.84 Å². The number of nitrogens with two attached hydrogens (primary N) is 1. The molecule has 0 bridgehead atoms. The monoisotopic (exact) mass is 290 g/mol. The van der Waals surface area contributed by atoms with Gasteiger partial charge in [0.15, 0.2) is 0 Å². The van der Waals surface area contributed by atoms with Gasteiger partial charge in [0.25, 0.3) is 0 Å². The van der Waals surface area contributed by atoms with Crippen LogP contribution in [0.3, 0.4) is 0 Å². The second-order valence-electron chi connectivity index (χ2n) is 4.49. The number of hydrogen-bond acceptors (Lipinski definition) is 4. The van der Waals surface area contributed by atoms with E-state index in [2.05, 4.69) is 0 Å². The first-order valence-electron chi connectivity index (χ1n) is 6.06. The van der Waals surface area contributed by atoms with E-state index in [1.807, 2.05) is 4.90 Å². The molecule has 1 aliphatic carbocycles. The highest BCUT2D eigenvalue weighted by atomic mass is 32.2. The number of hydrogen-bond donors (Lipinski definition) is 1. The number of benzene rings is 1. The first kappa shape index (κ1) is 14.2. The van der Waals surface area contributed by atoms with E-state index in [9.17, 15) is 17.2 Å². The van der Waals surface area contributed by atoms with Crippen LogP contribution in [-0.4, -0.2) is 33.3 Å². The Labute approximate surface area is 111 Å². The molecule has 0 spiro atoms. The van der Waals surface area contributed by atoms with Gasteiger partial charge in [0, 0.05) is 19.1 Å². The Hall–Kier alpha value is -1.21. The van der Waals surface area contributed by atoms with Crippen LogP contribution in [0.2, 0.25) is 0 Å². The number of alkyl halides is 2. The van der Waals surface area contributed by atoms with Gasteiger partial charge in [-0.1, -0.05) is 12.1 Å². The minimum absolute atomic E-state index is 0.206. The van der Waals surface area contributed by atoms with Crippen molar-refractivity contribution in [2.75, 3.05) is 18.0 Å². The Morgan fingerprint density at radius 1 is 1.32 bits per heavy atom. The van der Waals surface area contributed by atoms with Crippen molar-refractivity contribution in [2.24, 2.45) is 5.73 Å². The maximum Gasteiger partial charge on any atom is 0.341 e. The van der Waals surface area contributed by atoms with E-state index >= 15 is 0 Å². The predicted octanol–water partition coefficient (Wildman–Crippen LogP) is 1.61. The standard InChI is InChI=1S/C12H16F2N2O2S/c13-12(14)19(17,18)11-4-2-1-3-10(11)16(8-7-15)9-5-6-9/h1-4,9,12H,5-8,15H2. The van der Waals surface area contributed by atoms with Crippen LogP contribution in [0.1, 0.15) is 12.8 Å². The minimum Gasteiger partial charge on any atom is -0.366 e. The molecule has 19 heavy (non-hydrogen) atoms. The predicted molar refractivity (Wildman–Crippen MR) is 69.1 cm³/mol.